The lowest BCUT2D eigenvalue weighted by Gasteiger charge is -2.38. The topological polar surface area (TPSA) is 53.2 Å². The van der Waals surface area contributed by atoms with Crippen LogP contribution >= 0.6 is 0 Å². The van der Waals surface area contributed by atoms with Crippen LogP contribution in [0.4, 0.5) is 10.1 Å². The van der Waals surface area contributed by atoms with Crippen LogP contribution in [0.5, 0.6) is 0 Å². The molecule has 4 rings (SSSR count). The number of benzene rings is 2. The molecule has 0 bridgehead atoms. The predicted octanol–water partition coefficient (Wildman–Crippen LogP) is 3.65. The van der Waals surface area contributed by atoms with Gasteiger partial charge in [0.25, 0.3) is 0 Å². The maximum Gasteiger partial charge on any atom is 0.123 e. The molecular formula is C23H29FN4O. The summed E-state index contributed by atoms with van der Waals surface area (Å²) in [5.41, 5.74) is 4.48. The van der Waals surface area contributed by atoms with E-state index in [1.165, 1.54) is 11.1 Å². The Kier molecular flexibility index (Phi) is 5.83. The SMILES string of the molecule is CN(C)c1cc(CCOCC2(c3ccc(F)cc3)CCNCC2)c2n[nH]cc2c1. The lowest BCUT2D eigenvalue weighted by molar-refractivity contribution is 0.0691. The van der Waals surface area contributed by atoms with Gasteiger partial charge in [-0.15, -0.1) is 0 Å². The second-order valence-corrected chi connectivity index (χ2v) is 8.16. The van der Waals surface area contributed by atoms with Gasteiger partial charge in [-0.2, -0.15) is 5.10 Å². The van der Waals surface area contributed by atoms with Crippen molar-refractivity contribution in [3.63, 3.8) is 0 Å². The van der Waals surface area contributed by atoms with Crippen LogP contribution < -0.4 is 10.2 Å². The highest BCUT2D eigenvalue weighted by Crippen LogP contribution is 2.34. The number of aromatic amines is 1. The molecular weight excluding hydrogens is 367 g/mol. The number of aromatic nitrogens is 2. The van der Waals surface area contributed by atoms with E-state index in [1.54, 1.807) is 12.1 Å². The fourth-order valence-electron chi connectivity index (χ4n) is 4.24. The summed E-state index contributed by atoms with van der Waals surface area (Å²) in [4.78, 5) is 2.11. The largest absolute Gasteiger partial charge is 0.380 e. The van der Waals surface area contributed by atoms with E-state index in [0.29, 0.717) is 13.2 Å². The van der Waals surface area contributed by atoms with Crippen molar-refractivity contribution in [3.8, 4) is 0 Å². The number of fused-ring (bicyclic) bond motifs is 1. The summed E-state index contributed by atoms with van der Waals surface area (Å²) >= 11 is 0. The molecule has 1 aromatic heterocycles. The Morgan fingerprint density at radius 1 is 1.14 bits per heavy atom. The summed E-state index contributed by atoms with van der Waals surface area (Å²) in [6.45, 7) is 3.20. The van der Waals surface area contributed by atoms with E-state index < -0.39 is 0 Å². The Labute approximate surface area is 171 Å². The Morgan fingerprint density at radius 3 is 2.62 bits per heavy atom. The van der Waals surface area contributed by atoms with Crippen molar-refractivity contribution in [3.05, 3.63) is 59.5 Å². The van der Waals surface area contributed by atoms with E-state index in [0.717, 1.165) is 48.9 Å². The van der Waals surface area contributed by atoms with Crippen molar-refractivity contribution < 1.29 is 9.13 Å². The minimum atomic E-state index is -0.192. The molecule has 0 atom stereocenters. The number of halogens is 1. The number of piperidine rings is 1. The summed E-state index contributed by atoms with van der Waals surface area (Å²) in [6.07, 6.45) is 4.74. The van der Waals surface area contributed by atoms with Gasteiger partial charge in [-0.3, -0.25) is 5.10 Å². The van der Waals surface area contributed by atoms with E-state index in [-0.39, 0.29) is 11.2 Å². The van der Waals surface area contributed by atoms with Gasteiger partial charge in [0.2, 0.25) is 0 Å². The summed E-state index contributed by atoms with van der Waals surface area (Å²) < 4.78 is 19.6. The molecule has 1 aliphatic rings. The fourth-order valence-corrected chi connectivity index (χ4v) is 4.24. The third kappa shape index (κ3) is 4.28. The second-order valence-electron chi connectivity index (χ2n) is 8.16. The molecule has 2 heterocycles. The lowest BCUT2D eigenvalue weighted by atomic mass is 9.74. The van der Waals surface area contributed by atoms with Gasteiger partial charge < -0.3 is 15.0 Å². The first kappa shape index (κ1) is 19.9. The first-order valence-electron chi connectivity index (χ1n) is 10.3. The van der Waals surface area contributed by atoms with Gasteiger partial charge in [0.1, 0.15) is 5.82 Å². The number of hydrogen-bond donors (Lipinski definition) is 2. The highest BCUT2D eigenvalue weighted by atomic mass is 19.1. The molecule has 0 radical (unpaired) electrons. The third-order valence-electron chi connectivity index (χ3n) is 6.03. The highest BCUT2D eigenvalue weighted by Gasteiger charge is 2.34. The molecule has 5 nitrogen and oxygen atoms in total. The number of H-pyrrole nitrogens is 1. The van der Waals surface area contributed by atoms with E-state index in [1.807, 2.05) is 32.4 Å². The van der Waals surface area contributed by atoms with Crippen molar-refractivity contribution in [2.75, 3.05) is 45.3 Å². The van der Waals surface area contributed by atoms with Crippen LogP contribution in [0.1, 0.15) is 24.0 Å². The molecule has 29 heavy (non-hydrogen) atoms. The standard InChI is InChI=1S/C23H29FN4O/c1-28(2)21-13-17(22-18(14-21)15-26-27-22)7-12-29-16-23(8-10-25-11-9-23)19-3-5-20(24)6-4-19/h3-6,13-15,25H,7-12,16H2,1-2H3,(H,26,27). The van der Waals surface area contributed by atoms with Crippen LogP contribution in [-0.4, -0.2) is 50.6 Å². The average molecular weight is 397 g/mol. The third-order valence-corrected chi connectivity index (χ3v) is 6.03. The quantitative estimate of drug-likeness (QED) is 0.599. The van der Waals surface area contributed by atoms with Crippen LogP contribution in [0.2, 0.25) is 0 Å². The van der Waals surface area contributed by atoms with E-state index in [2.05, 4.69) is 32.5 Å². The van der Waals surface area contributed by atoms with Crippen LogP contribution in [0, 0.1) is 5.82 Å². The molecule has 1 aliphatic heterocycles. The highest BCUT2D eigenvalue weighted by molar-refractivity contribution is 5.85. The molecule has 2 N–H and O–H groups in total. The molecule has 0 aliphatic carbocycles. The summed E-state index contributed by atoms with van der Waals surface area (Å²) in [6, 6.07) is 11.3. The van der Waals surface area contributed by atoms with Crippen molar-refractivity contribution in [2.24, 2.45) is 0 Å². The first-order valence-corrected chi connectivity index (χ1v) is 10.3. The smallest absolute Gasteiger partial charge is 0.123 e. The fraction of sp³-hybridized carbons (Fsp3) is 0.435. The van der Waals surface area contributed by atoms with E-state index in [9.17, 15) is 4.39 Å². The van der Waals surface area contributed by atoms with Crippen LogP contribution in [0.3, 0.4) is 0 Å². The van der Waals surface area contributed by atoms with Gasteiger partial charge in [0.05, 0.1) is 18.7 Å². The Bertz CT molecular complexity index is 945. The zero-order valence-electron chi connectivity index (χ0n) is 17.2. The molecule has 1 saturated heterocycles. The van der Waals surface area contributed by atoms with Gasteiger partial charge in [0.15, 0.2) is 0 Å². The molecule has 0 saturated carbocycles. The maximum atomic E-state index is 13.4. The van der Waals surface area contributed by atoms with Crippen LogP contribution in [0.25, 0.3) is 10.9 Å². The monoisotopic (exact) mass is 396 g/mol. The second kappa shape index (κ2) is 8.51. The zero-order chi connectivity index (χ0) is 20.3. The molecule has 6 heteroatoms. The lowest BCUT2D eigenvalue weighted by Crippen LogP contribution is -2.43. The Morgan fingerprint density at radius 2 is 1.90 bits per heavy atom. The minimum absolute atomic E-state index is 0.0495. The van der Waals surface area contributed by atoms with Gasteiger partial charge in [0, 0.05) is 36.8 Å². The number of ether oxygens (including phenoxy) is 1. The molecule has 0 amide bonds. The van der Waals surface area contributed by atoms with Gasteiger partial charge in [-0.25, -0.2) is 4.39 Å². The number of nitrogens with zero attached hydrogens (tertiary/aromatic N) is 2. The summed E-state index contributed by atoms with van der Waals surface area (Å²) in [5.74, 6) is -0.192. The Hall–Kier alpha value is -2.44. The average Bonchev–Trinajstić information content (AvgIpc) is 3.21. The van der Waals surface area contributed by atoms with Crippen LogP contribution in [-0.2, 0) is 16.6 Å². The molecule has 2 aromatic carbocycles. The van der Waals surface area contributed by atoms with E-state index in [4.69, 9.17) is 4.74 Å². The van der Waals surface area contributed by atoms with Crippen molar-refractivity contribution in [2.45, 2.75) is 24.7 Å². The van der Waals surface area contributed by atoms with Crippen molar-refractivity contribution in [1.29, 1.82) is 0 Å². The normalized spacial score (nSPS) is 16.2. The van der Waals surface area contributed by atoms with Crippen molar-refractivity contribution >= 4 is 16.6 Å². The van der Waals surface area contributed by atoms with Gasteiger partial charge in [-0.05, 0) is 67.7 Å². The maximum absolute atomic E-state index is 13.4. The molecule has 154 valence electrons. The first-order chi connectivity index (χ1) is 14.1. The molecule has 3 aromatic rings. The summed E-state index contributed by atoms with van der Waals surface area (Å²) in [5, 5.41) is 11.9. The predicted molar refractivity (Wildman–Crippen MR) is 115 cm³/mol. The molecule has 0 unspecified atom stereocenters. The zero-order valence-corrected chi connectivity index (χ0v) is 17.2. The number of rotatable bonds is 7. The molecule has 1 fully saturated rings. The van der Waals surface area contributed by atoms with Gasteiger partial charge in [-0.1, -0.05) is 12.1 Å². The number of anilines is 1. The number of hydrogen-bond acceptors (Lipinski definition) is 4. The minimum Gasteiger partial charge on any atom is -0.380 e. The summed E-state index contributed by atoms with van der Waals surface area (Å²) in [7, 11) is 4.09. The van der Waals surface area contributed by atoms with Crippen LogP contribution in [0.15, 0.2) is 42.6 Å². The van der Waals surface area contributed by atoms with Crippen molar-refractivity contribution in [1.82, 2.24) is 15.5 Å². The van der Waals surface area contributed by atoms with Gasteiger partial charge >= 0.3 is 0 Å². The number of nitrogens with one attached hydrogen (secondary N) is 2. The Balaban J connectivity index is 1.45. The molecule has 0 spiro atoms. The van der Waals surface area contributed by atoms with E-state index >= 15 is 0 Å².